The molecular weight excluding hydrogens is 306 g/mol. The van der Waals surface area contributed by atoms with Gasteiger partial charge in [0.15, 0.2) is 0 Å². The third-order valence-electron chi connectivity index (χ3n) is 3.55. The number of amides is 1. The Kier molecular flexibility index (Phi) is 4.38. The van der Waals surface area contributed by atoms with Crippen LogP contribution in [0.25, 0.3) is 10.9 Å². The molecule has 2 N–H and O–H groups in total. The predicted molar refractivity (Wildman–Crippen MR) is 91.1 cm³/mol. The molecule has 6 nitrogen and oxygen atoms in total. The Morgan fingerprint density at radius 3 is 2.62 bits per heavy atom. The van der Waals surface area contributed by atoms with E-state index in [-0.39, 0.29) is 5.91 Å². The molecule has 3 aromatic rings. The minimum Gasteiger partial charge on any atom is -0.465 e. The van der Waals surface area contributed by atoms with E-state index in [4.69, 9.17) is 0 Å². The van der Waals surface area contributed by atoms with Gasteiger partial charge in [0.1, 0.15) is 0 Å². The van der Waals surface area contributed by atoms with Crippen molar-refractivity contribution in [1.29, 1.82) is 0 Å². The molecule has 0 unspecified atom stereocenters. The van der Waals surface area contributed by atoms with Gasteiger partial charge in [0.2, 0.25) is 0 Å². The number of hydrazone groups is 1. The Balaban J connectivity index is 1.67. The fourth-order valence-electron chi connectivity index (χ4n) is 2.31. The van der Waals surface area contributed by atoms with E-state index in [1.54, 1.807) is 30.5 Å². The highest BCUT2D eigenvalue weighted by molar-refractivity contribution is 6.06. The van der Waals surface area contributed by atoms with Gasteiger partial charge in [-0.3, -0.25) is 4.79 Å². The zero-order valence-electron chi connectivity index (χ0n) is 12.9. The molecule has 24 heavy (non-hydrogen) atoms. The van der Waals surface area contributed by atoms with E-state index >= 15 is 0 Å². The van der Waals surface area contributed by atoms with Gasteiger partial charge in [-0.05, 0) is 23.8 Å². The largest absolute Gasteiger partial charge is 0.465 e. The highest BCUT2D eigenvalue weighted by Crippen LogP contribution is 2.17. The van der Waals surface area contributed by atoms with Crippen molar-refractivity contribution >= 4 is 29.0 Å². The van der Waals surface area contributed by atoms with Crippen molar-refractivity contribution in [2.45, 2.75) is 0 Å². The number of benzene rings is 2. The Bertz CT molecular complexity index is 911. The molecule has 1 amide bonds. The average Bonchev–Trinajstić information content (AvgIpc) is 3.06. The van der Waals surface area contributed by atoms with E-state index in [2.05, 4.69) is 20.2 Å². The number of hydrogen-bond acceptors (Lipinski definition) is 4. The molecular formula is C18H15N3O3. The number of fused-ring (bicyclic) bond motifs is 1. The first-order chi connectivity index (χ1) is 11.7. The van der Waals surface area contributed by atoms with Crippen LogP contribution >= 0.6 is 0 Å². The van der Waals surface area contributed by atoms with Crippen LogP contribution in [0.5, 0.6) is 0 Å². The molecule has 0 aliphatic carbocycles. The van der Waals surface area contributed by atoms with Crippen LogP contribution in [-0.4, -0.2) is 30.2 Å². The number of carbonyl (C=O) groups excluding carboxylic acids is 2. The molecule has 0 aliphatic heterocycles. The third kappa shape index (κ3) is 3.17. The molecule has 0 aliphatic rings. The zero-order valence-corrected chi connectivity index (χ0v) is 12.9. The van der Waals surface area contributed by atoms with E-state index in [0.29, 0.717) is 11.1 Å². The average molecular weight is 321 g/mol. The van der Waals surface area contributed by atoms with E-state index in [1.807, 2.05) is 24.3 Å². The molecule has 1 aromatic heterocycles. The second-order valence-electron chi connectivity index (χ2n) is 5.06. The molecule has 6 heteroatoms. The number of esters is 1. The normalized spacial score (nSPS) is 10.9. The third-order valence-corrected chi connectivity index (χ3v) is 3.55. The Morgan fingerprint density at radius 2 is 1.88 bits per heavy atom. The van der Waals surface area contributed by atoms with Crippen LogP contribution in [0, 0.1) is 0 Å². The lowest BCUT2D eigenvalue weighted by Gasteiger charge is -2.00. The fourth-order valence-corrected chi connectivity index (χ4v) is 2.31. The maximum Gasteiger partial charge on any atom is 0.337 e. The number of nitrogens with one attached hydrogen (secondary N) is 2. The minimum atomic E-state index is -0.397. The van der Waals surface area contributed by atoms with Gasteiger partial charge in [0.05, 0.1) is 24.5 Å². The van der Waals surface area contributed by atoms with E-state index in [9.17, 15) is 9.59 Å². The molecule has 3 rings (SSSR count). The van der Waals surface area contributed by atoms with Crippen molar-refractivity contribution in [2.24, 2.45) is 5.10 Å². The standard InChI is InChI=1S/C18H15N3O3/c1-24-18(23)13-8-6-12(7-9-13)10-20-21-17(22)15-11-19-16-5-3-2-4-14(15)16/h2-11,19H,1H3,(H,21,22). The zero-order chi connectivity index (χ0) is 16.9. The quantitative estimate of drug-likeness (QED) is 0.440. The number of rotatable bonds is 4. The minimum absolute atomic E-state index is 0.296. The SMILES string of the molecule is COC(=O)c1ccc(C=NNC(=O)c2c[nH]c3ccccc23)cc1. The number of hydrogen-bond donors (Lipinski definition) is 2. The molecule has 0 bridgehead atoms. The second kappa shape index (κ2) is 6.78. The van der Waals surface area contributed by atoms with Gasteiger partial charge in [0.25, 0.3) is 5.91 Å². The van der Waals surface area contributed by atoms with E-state index < -0.39 is 5.97 Å². The molecule has 0 fully saturated rings. The van der Waals surface area contributed by atoms with Crippen LogP contribution in [-0.2, 0) is 4.74 Å². The van der Waals surface area contributed by atoms with Crippen molar-refractivity contribution in [2.75, 3.05) is 7.11 Å². The Morgan fingerprint density at radius 1 is 1.12 bits per heavy atom. The van der Waals surface area contributed by atoms with Crippen molar-refractivity contribution < 1.29 is 14.3 Å². The molecule has 0 saturated carbocycles. The summed E-state index contributed by atoms with van der Waals surface area (Å²) in [5.41, 5.74) is 5.13. The van der Waals surface area contributed by atoms with Gasteiger partial charge in [-0.2, -0.15) is 5.10 Å². The monoisotopic (exact) mass is 321 g/mol. The number of para-hydroxylation sites is 1. The Hall–Kier alpha value is -3.41. The first-order valence-corrected chi connectivity index (χ1v) is 7.27. The lowest BCUT2D eigenvalue weighted by molar-refractivity contribution is 0.0600. The van der Waals surface area contributed by atoms with Gasteiger partial charge in [0, 0.05) is 17.1 Å². The molecule has 1 heterocycles. The van der Waals surface area contributed by atoms with Crippen LogP contribution in [0.15, 0.2) is 59.8 Å². The number of nitrogens with zero attached hydrogens (tertiary/aromatic N) is 1. The van der Waals surface area contributed by atoms with Crippen LogP contribution < -0.4 is 5.43 Å². The molecule has 0 radical (unpaired) electrons. The topological polar surface area (TPSA) is 83.5 Å². The van der Waals surface area contributed by atoms with Gasteiger partial charge >= 0.3 is 5.97 Å². The second-order valence-corrected chi connectivity index (χ2v) is 5.06. The number of methoxy groups -OCH3 is 1. The number of H-pyrrole nitrogens is 1. The molecule has 120 valence electrons. The predicted octanol–water partition coefficient (Wildman–Crippen LogP) is 2.72. The fraction of sp³-hybridized carbons (Fsp3) is 0.0556. The maximum atomic E-state index is 12.2. The highest BCUT2D eigenvalue weighted by Gasteiger charge is 2.10. The number of carbonyl (C=O) groups is 2. The van der Waals surface area contributed by atoms with Gasteiger partial charge in [-0.25, -0.2) is 10.2 Å². The first-order valence-electron chi connectivity index (χ1n) is 7.27. The summed E-state index contributed by atoms with van der Waals surface area (Å²) in [6.45, 7) is 0. The van der Waals surface area contributed by atoms with Crippen LogP contribution in [0.4, 0.5) is 0 Å². The van der Waals surface area contributed by atoms with Gasteiger partial charge < -0.3 is 9.72 Å². The summed E-state index contributed by atoms with van der Waals surface area (Å²) in [6, 6.07) is 14.2. The summed E-state index contributed by atoms with van der Waals surface area (Å²) < 4.78 is 4.63. The Labute approximate surface area is 138 Å². The summed E-state index contributed by atoms with van der Waals surface area (Å²) >= 11 is 0. The van der Waals surface area contributed by atoms with E-state index in [1.165, 1.54) is 13.3 Å². The smallest absolute Gasteiger partial charge is 0.337 e. The summed E-state index contributed by atoms with van der Waals surface area (Å²) in [5, 5.41) is 4.78. The number of aromatic nitrogens is 1. The van der Waals surface area contributed by atoms with Crippen molar-refractivity contribution in [3.63, 3.8) is 0 Å². The lowest BCUT2D eigenvalue weighted by Crippen LogP contribution is -2.17. The molecule has 0 spiro atoms. The summed E-state index contributed by atoms with van der Waals surface area (Å²) in [7, 11) is 1.33. The van der Waals surface area contributed by atoms with Crippen LogP contribution in [0.2, 0.25) is 0 Å². The summed E-state index contributed by atoms with van der Waals surface area (Å²) in [5.74, 6) is -0.694. The summed E-state index contributed by atoms with van der Waals surface area (Å²) in [6.07, 6.45) is 3.16. The maximum absolute atomic E-state index is 12.2. The molecule has 0 saturated heterocycles. The first kappa shape index (κ1) is 15.5. The molecule has 0 atom stereocenters. The van der Waals surface area contributed by atoms with Crippen molar-refractivity contribution in [1.82, 2.24) is 10.4 Å². The molecule has 2 aromatic carbocycles. The highest BCUT2D eigenvalue weighted by atomic mass is 16.5. The van der Waals surface area contributed by atoms with Crippen LogP contribution in [0.3, 0.4) is 0 Å². The van der Waals surface area contributed by atoms with Crippen LogP contribution in [0.1, 0.15) is 26.3 Å². The lowest BCUT2D eigenvalue weighted by atomic mass is 10.1. The number of ether oxygens (including phenoxy) is 1. The number of aromatic amines is 1. The van der Waals surface area contributed by atoms with Crippen molar-refractivity contribution in [3.05, 3.63) is 71.4 Å². The van der Waals surface area contributed by atoms with E-state index in [0.717, 1.165) is 16.5 Å². The van der Waals surface area contributed by atoms with Gasteiger partial charge in [-0.1, -0.05) is 30.3 Å². The van der Waals surface area contributed by atoms with Gasteiger partial charge in [-0.15, -0.1) is 0 Å². The van der Waals surface area contributed by atoms with Crippen molar-refractivity contribution in [3.8, 4) is 0 Å². The summed E-state index contributed by atoms with van der Waals surface area (Å²) in [4.78, 5) is 26.6.